The van der Waals surface area contributed by atoms with Gasteiger partial charge >= 0.3 is 0 Å². The number of benzene rings is 9. The second kappa shape index (κ2) is 11.8. The van der Waals surface area contributed by atoms with Crippen LogP contribution in [0.2, 0.25) is 0 Å². The van der Waals surface area contributed by atoms with Gasteiger partial charge in [-0.15, -0.1) is 0 Å². The molecule has 0 spiro atoms. The molecule has 4 aromatic heterocycles. The largest absolute Gasteiger partial charge is 0.309 e. The van der Waals surface area contributed by atoms with Crippen LogP contribution in [0.5, 0.6) is 0 Å². The Morgan fingerprint density at radius 3 is 1.74 bits per heavy atom. The lowest BCUT2D eigenvalue weighted by atomic mass is 10.0. The van der Waals surface area contributed by atoms with Crippen LogP contribution in [0.4, 0.5) is 0 Å². The average Bonchev–Trinajstić information content (AvgIpc) is 3.93. The fourth-order valence-electron chi connectivity index (χ4n) is 9.49. The maximum absolute atomic E-state index is 5.21. The number of para-hydroxylation sites is 3. The standard InChI is InChI=1S/C53H31N5/c1-2-14-33(15-3-1)51-54-52(35-26-25-32-13-4-5-16-34(32)29-35)56-53(55-51)42-27-28-47(37-18-7-6-17-36(37)42)57-45-23-10-9-20-39(45)43-30-44-41-22-12-21-40-38-19-8-11-24-46(38)58(50(40)41)49(44)31-48(43)57/h1-31H. The highest BCUT2D eigenvalue weighted by Crippen LogP contribution is 2.44. The van der Waals surface area contributed by atoms with Crippen LogP contribution in [0.3, 0.4) is 0 Å². The minimum absolute atomic E-state index is 0.640. The highest BCUT2D eigenvalue weighted by molar-refractivity contribution is 6.26. The monoisotopic (exact) mass is 737 g/mol. The van der Waals surface area contributed by atoms with E-state index in [-0.39, 0.29) is 0 Å². The predicted octanol–water partition coefficient (Wildman–Crippen LogP) is 13.4. The van der Waals surface area contributed by atoms with E-state index in [0.717, 1.165) is 38.5 Å². The van der Waals surface area contributed by atoms with E-state index in [9.17, 15) is 0 Å². The van der Waals surface area contributed by atoms with Gasteiger partial charge in [0.1, 0.15) is 0 Å². The highest BCUT2D eigenvalue weighted by Gasteiger charge is 2.22. The molecule has 5 heteroatoms. The molecule has 58 heavy (non-hydrogen) atoms. The van der Waals surface area contributed by atoms with Gasteiger partial charge in [0.2, 0.25) is 0 Å². The Balaban J connectivity index is 1.07. The molecule has 0 saturated carbocycles. The van der Waals surface area contributed by atoms with Crippen molar-refractivity contribution >= 4 is 81.4 Å². The molecule has 0 amide bonds. The molecule has 0 aliphatic carbocycles. The quantitative estimate of drug-likeness (QED) is 0.181. The molecule has 268 valence electrons. The first kappa shape index (κ1) is 31.3. The van der Waals surface area contributed by atoms with Gasteiger partial charge in [0.05, 0.1) is 33.3 Å². The van der Waals surface area contributed by atoms with Crippen molar-refractivity contribution in [1.82, 2.24) is 23.9 Å². The van der Waals surface area contributed by atoms with E-state index < -0.39 is 0 Å². The van der Waals surface area contributed by atoms with E-state index in [0.29, 0.717) is 17.5 Å². The summed E-state index contributed by atoms with van der Waals surface area (Å²) in [7, 11) is 0. The summed E-state index contributed by atoms with van der Waals surface area (Å²) in [6, 6.07) is 67.2. The molecule has 0 radical (unpaired) electrons. The first-order valence-electron chi connectivity index (χ1n) is 19.7. The zero-order valence-electron chi connectivity index (χ0n) is 31.1. The number of rotatable bonds is 4. The second-order valence-electron chi connectivity index (χ2n) is 15.2. The van der Waals surface area contributed by atoms with Gasteiger partial charge in [-0.3, -0.25) is 0 Å². The normalized spacial score (nSPS) is 12.1. The average molecular weight is 738 g/mol. The second-order valence-corrected chi connectivity index (χ2v) is 15.2. The van der Waals surface area contributed by atoms with Crippen LogP contribution in [-0.4, -0.2) is 23.9 Å². The summed E-state index contributed by atoms with van der Waals surface area (Å²) >= 11 is 0. The number of nitrogens with zero attached hydrogens (tertiary/aromatic N) is 5. The molecule has 0 saturated heterocycles. The van der Waals surface area contributed by atoms with Gasteiger partial charge in [-0.2, -0.15) is 0 Å². The van der Waals surface area contributed by atoms with Crippen LogP contribution in [0, 0.1) is 0 Å². The number of hydrogen-bond donors (Lipinski definition) is 0. The highest BCUT2D eigenvalue weighted by atomic mass is 15.0. The summed E-state index contributed by atoms with van der Waals surface area (Å²) in [5.74, 6) is 1.93. The third kappa shape index (κ3) is 4.38. The smallest absolute Gasteiger partial charge is 0.164 e. The topological polar surface area (TPSA) is 48.0 Å². The Labute approximate surface area is 332 Å². The summed E-state index contributed by atoms with van der Waals surface area (Å²) in [5, 5.41) is 12.1. The van der Waals surface area contributed by atoms with Gasteiger partial charge in [-0.1, -0.05) is 146 Å². The summed E-state index contributed by atoms with van der Waals surface area (Å²) in [5.41, 5.74) is 10.0. The third-order valence-corrected chi connectivity index (χ3v) is 12.1. The van der Waals surface area contributed by atoms with Crippen LogP contribution in [0.1, 0.15) is 0 Å². The fraction of sp³-hybridized carbons (Fsp3) is 0. The van der Waals surface area contributed by atoms with Gasteiger partial charge in [-0.05, 0) is 58.6 Å². The first-order valence-corrected chi connectivity index (χ1v) is 19.7. The molecule has 0 fully saturated rings. The van der Waals surface area contributed by atoms with Crippen molar-refractivity contribution in [2.75, 3.05) is 0 Å². The van der Waals surface area contributed by atoms with E-state index in [2.05, 4.69) is 179 Å². The summed E-state index contributed by atoms with van der Waals surface area (Å²) in [6.07, 6.45) is 0. The Kier molecular flexibility index (Phi) is 6.38. The lowest BCUT2D eigenvalue weighted by molar-refractivity contribution is 1.08. The summed E-state index contributed by atoms with van der Waals surface area (Å²) in [4.78, 5) is 15.4. The Morgan fingerprint density at radius 1 is 0.310 bits per heavy atom. The van der Waals surface area contributed by atoms with Crippen LogP contribution in [-0.2, 0) is 0 Å². The molecule has 0 bridgehead atoms. The van der Waals surface area contributed by atoms with Crippen LogP contribution in [0.15, 0.2) is 188 Å². The van der Waals surface area contributed by atoms with Crippen molar-refractivity contribution < 1.29 is 0 Å². The lowest BCUT2D eigenvalue weighted by Gasteiger charge is -2.15. The minimum Gasteiger partial charge on any atom is -0.309 e. The van der Waals surface area contributed by atoms with Crippen molar-refractivity contribution in [3.8, 4) is 39.9 Å². The molecule has 0 aliphatic heterocycles. The predicted molar refractivity (Wildman–Crippen MR) is 240 cm³/mol. The van der Waals surface area contributed by atoms with Gasteiger partial charge in [-0.25, -0.2) is 15.0 Å². The Hall–Kier alpha value is -7.89. The molecule has 0 N–H and O–H groups in total. The van der Waals surface area contributed by atoms with Gasteiger partial charge in [0.15, 0.2) is 17.5 Å². The zero-order valence-corrected chi connectivity index (χ0v) is 31.1. The number of hydrogen-bond acceptors (Lipinski definition) is 3. The molecule has 0 aliphatic rings. The van der Waals surface area contributed by atoms with Gasteiger partial charge in [0.25, 0.3) is 0 Å². The zero-order chi connectivity index (χ0) is 37.9. The molecular formula is C53H31N5. The maximum Gasteiger partial charge on any atom is 0.164 e. The van der Waals surface area contributed by atoms with Crippen LogP contribution >= 0.6 is 0 Å². The van der Waals surface area contributed by atoms with E-state index in [1.807, 2.05) is 18.2 Å². The Morgan fingerprint density at radius 2 is 0.914 bits per heavy atom. The van der Waals surface area contributed by atoms with Crippen molar-refractivity contribution in [1.29, 1.82) is 0 Å². The number of fused-ring (bicyclic) bond motifs is 11. The van der Waals surface area contributed by atoms with Crippen molar-refractivity contribution in [2.45, 2.75) is 0 Å². The van der Waals surface area contributed by atoms with Crippen LogP contribution in [0.25, 0.3) is 121 Å². The third-order valence-electron chi connectivity index (χ3n) is 12.1. The van der Waals surface area contributed by atoms with E-state index >= 15 is 0 Å². The molecular weight excluding hydrogens is 707 g/mol. The molecule has 13 rings (SSSR count). The number of aromatic nitrogens is 5. The summed E-state index contributed by atoms with van der Waals surface area (Å²) in [6.45, 7) is 0. The van der Waals surface area contributed by atoms with Crippen molar-refractivity contribution in [3.63, 3.8) is 0 Å². The molecule has 0 unspecified atom stereocenters. The lowest BCUT2D eigenvalue weighted by Crippen LogP contribution is -2.02. The Bertz CT molecular complexity index is 3800. The fourth-order valence-corrected chi connectivity index (χ4v) is 9.49. The van der Waals surface area contributed by atoms with Gasteiger partial charge in [0, 0.05) is 54.4 Å². The van der Waals surface area contributed by atoms with Crippen molar-refractivity contribution in [3.05, 3.63) is 188 Å². The molecule has 13 aromatic rings. The van der Waals surface area contributed by atoms with E-state index in [1.54, 1.807) is 0 Å². The summed E-state index contributed by atoms with van der Waals surface area (Å²) < 4.78 is 4.92. The van der Waals surface area contributed by atoms with E-state index in [4.69, 9.17) is 15.0 Å². The maximum atomic E-state index is 5.21. The molecule has 9 aromatic carbocycles. The van der Waals surface area contributed by atoms with Gasteiger partial charge < -0.3 is 8.97 Å². The molecule has 5 nitrogen and oxygen atoms in total. The SMILES string of the molecule is c1ccc(-c2nc(-c3ccc4ccccc4c3)nc(-c3ccc(-n4c5ccccc5c5cc6c7cccc8c9ccccc9n(c6cc54)c87)c4ccccc34)n2)cc1. The molecule has 0 atom stereocenters. The molecule has 4 heterocycles. The van der Waals surface area contributed by atoms with Crippen molar-refractivity contribution in [2.24, 2.45) is 0 Å². The van der Waals surface area contributed by atoms with E-state index in [1.165, 1.54) is 65.3 Å². The first-order chi connectivity index (χ1) is 28.8. The minimum atomic E-state index is 0.640. The van der Waals surface area contributed by atoms with Crippen LogP contribution < -0.4 is 0 Å².